The first-order chi connectivity index (χ1) is 7.21. The highest BCUT2D eigenvalue weighted by atomic mass is 33.1. The molecule has 0 saturated heterocycles. The lowest BCUT2D eigenvalue weighted by molar-refractivity contribution is 1.40. The lowest BCUT2D eigenvalue weighted by Crippen LogP contribution is -1.97. The van der Waals surface area contributed by atoms with Crippen LogP contribution in [0.5, 0.6) is 0 Å². The highest BCUT2D eigenvalue weighted by molar-refractivity contribution is 8.56. The zero-order valence-electron chi connectivity index (χ0n) is 8.00. The molecule has 0 aliphatic carbocycles. The molecule has 0 fully saturated rings. The fraction of sp³-hybridized carbons (Fsp3) is 0. The van der Waals surface area contributed by atoms with Gasteiger partial charge in [0.25, 0.3) is 0 Å². The Hall–Kier alpha value is -0.770. The lowest BCUT2D eigenvalue weighted by atomic mass is 10.4. The van der Waals surface area contributed by atoms with Crippen LogP contribution in [0.1, 0.15) is 0 Å². The van der Waals surface area contributed by atoms with Crippen molar-refractivity contribution in [1.82, 2.24) is 0 Å². The summed E-state index contributed by atoms with van der Waals surface area (Å²) in [5.74, 6) is 0. The molecule has 0 aliphatic heterocycles. The summed E-state index contributed by atoms with van der Waals surface area (Å²) < 4.78 is 0. The molecule has 0 N–H and O–H groups in total. The Morgan fingerprint density at radius 1 is 0.600 bits per heavy atom. The first kappa shape index (κ1) is 10.7. The van der Waals surface area contributed by atoms with Crippen molar-refractivity contribution in [3.8, 4) is 0 Å². The smallest absolute Gasteiger partial charge is 0.0202 e. The number of hydrogen-bond acceptors (Lipinski definition) is 2. The van der Waals surface area contributed by atoms with Gasteiger partial charge in [0.2, 0.25) is 0 Å². The molecular formula is C12H10S3. The minimum atomic E-state index is -1.67. The predicted molar refractivity (Wildman–Crippen MR) is 71.5 cm³/mol. The molecule has 0 heterocycles. The molecule has 0 bridgehead atoms. The van der Waals surface area contributed by atoms with Gasteiger partial charge in [0.15, 0.2) is 0 Å². The van der Waals surface area contributed by atoms with Crippen LogP contribution in [0.3, 0.4) is 0 Å². The van der Waals surface area contributed by atoms with E-state index in [-0.39, 0.29) is 0 Å². The van der Waals surface area contributed by atoms with Crippen molar-refractivity contribution >= 4 is 29.5 Å². The van der Waals surface area contributed by atoms with Crippen molar-refractivity contribution in [3.63, 3.8) is 0 Å². The van der Waals surface area contributed by atoms with Crippen LogP contribution in [0.15, 0.2) is 70.5 Å². The topological polar surface area (TPSA) is 0 Å². The van der Waals surface area contributed by atoms with Crippen LogP contribution in [0.2, 0.25) is 0 Å². The normalized spacial score (nSPS) is 11.2. The van der Waals surface area contributed by atoms with E-state index in [1.807, 2.05) is 60.7 Å². The largest absolute Gasteiger partial charge is 0.0622 e. The molecule has 0 aromatic heterocycles. The van der Waals surface area contributed by atoms with E-state index in [1.54, 1.807) is 0 Å². The molecule has 0 amide bonds. The van der Waals surface area contributed by atoms with Crippen LogP contribution in [-0.2, 0) is 29.5 Å². The van der Waals surface area contributed by atoms with Crippen molar-refractivity contribution in [2.45, 2.75) is 9.79 Å². The second-order valence-electron chi connectivity index (χ2n) is 3.13. The van der Waals surface area contributed by atoms with Gasteiger partial charge >= 0.3 is 0 Å². The van der Waals surface area contributed by atoms with E-state index in [0.717, 1.165) is 9.79 Å². The van der Waals surface area contributed by atoms with Crippen LogP contribution in [0.25, 0.3) is 0 Å². The molecule has 0 spiro atoms. The molecule has 2 aromatic rings. The zero-order chi connectivity index (χ0) is 10.7. The van der Waals surface area contributed by atoms with Crippen LogP contribution >= 0.6 is 0 Å². The quantitative estimate of drug-likeness (QED) is 0.803. The molecule has 2 rings (SSSR count). The molecule has 15 heavy (non-hydrogen) atoms. The summed E-state index contributed by atoms with van der Waals surface area (Å²) in [4.78, 5) is 2.14. The molecule has 0 radical (unpaired) electrons. The van der Waals surface area contributed by atoms with Crippen molar-refractivity contribution in [1.29, 1.82) is 0 Å². The predicted octanol–water partition coefficient (Wildman–Crippen LogP) is 3.18. The lowest BCUT2D eigenvalue weighted by Gasteiger charge is -2.10. The molecule has 0 nitrogen and oxygen atoms in total. The maximum Gasteiger partial charge on any atom is 0.0202 e. The maximum absolute atomic E-state index is 5.57. The highest BCUT2D eigenvalue weighted by Crippen LogP contribution is 2.20. The second-order valence-corrected chi connectivity index (χ2v) is 8.71. The summed E-state index contributed by atoms with van der Waals surface area (Å²) in [7, 11) is -1.67. The fourth-order valence-corrected chi connectivity index (χ4v) is 3.97. The third-order valence-corrected chi connectivity index (χ3v) is 6.20. The van der Waals surface area contributed by atoms with Crippen molar-refractivity contribution in [3.05, 3.63) is 60.7 Å². The van der Waals surface area contributed by atoms with E-state index in [0.29, 0.717) is 0 Å². The van der Waals surface area contributed by atoms with Gasteiger partial charge in [0, 0.05) is 9.79 Å². The van der Waals surface area contributed by atoms with Gasteiger partial charge in [-0.15, -0.1) is 0 Å². The number of rotatable bonds is 2. The third kappa shape index (κ3) is 2.25. The molecule has 2 aromatic carbocycles. The first-order valence-corrected chi connectivity index (χ1v) is 8.05. The van der Waals surface area contributed by atoms with Crippen molar-refractivity contribution < 1.29 is 0 Å². The molecule has 0 unspecified atom stereocenters. The monoisotopic (exact) mass is 250 g/mol. The van der Waals surface area contributed by atoms with Gasteiger partial charge in [0.1, 0.15) is 0 Å². The molecular weight excluding hydrogens is 240 g/mol. The van der Waals surface area contributed by atoms with Gasteiger partial charge in [-0.05, 0) is 53.8 Å². The van der Waals surface area contributed by atoms with E-state index in [2.05, 4.69) is 0 Å². The van der Waals surface area contributed by atoms with E-state index < -0.39 is 7.15 Å². The van der Waals surface area contributed by atoms with Crippen molar-refractivity contribution in [2.75, 3.05) is 0 Å². The molecule has 0 aliphatic rings. The van der Waals surface area contributed by atoms with Gasteiger partial charge in [-0.1, -0.05) is 36.4 Å². The standard InChI is InChI=1S/C12H10S3/c13-15(14,11-7-3-1-4-8-11)12-9-5-2-6-10-12/h1-10H. The highest BCUT2D eigenvalue weighted by Gasteiger charge is 2.07. The van der Waals surface area contributed by atoms with Gasteiger partial charge in [-0.3, -0.25) is 0 Å². The molecule has 0 atom stereocenters. The minimum Gasteiger partial charge on any atom is -0.0622 e. The third-order valence-electron chi connectivity index (χ3n) is 2.11. The van der Waals surface area contributed by atoms with Gasteiger partial charge in [0.05, 0.1) is 0 Å². The van der Waals surface area contributed by atoms with Gasteiger partial charge < -0.3 is 0 Å². The summed E-state index contributed by atoms with van der Waals surface area (Å²) >= 11 is 11.1. The summed E-state index contributed by atoms with van der Waals surface area (Å²) in [5.41, 5.74) is 0. The summed E-state index contributed by atoms with van der Waals surface area (Å²) in [6.45, 7) is 0. The Morgan fingerprint density at radius 3 is 1.27 bits per heavy atom. The second kappa shape index (κ2) is 4.39. The zero-order valence-corrected chi connectivity index (χ0v) is 10.4. The fourth-order valence-electron chi connectivity index (χ4n) is 1.34. The van der Waals surface area contributed by atoms with Crippen LogP contribution < -0.4 is 0 Å². The first-order valence-electron chi connectivity index (χ1n) is 4.56. The average Bonchev–Trinajstić information content (AvgIpc) is 2.31. The van der Waals surface area contributed by atoms with E-state index >= 15 is 0 Å². The van der Waals surface area contributed by atoms with Gasteiger partial charge in [-0.25, -0.2) is 0 Å². The van der Waals surface area contributed by atoms with Crippen LogP contribution in [0.4, 0.5) is 0 Å². The summed E-state index contributed by atoms with van der Waals surface area (Å²) in [6.07, 6.45) is 0. The molecule has 3 heteroatoms. The Kier molecular flexibility index (Phi) is 3.14. The summed E-state index contributed by atoms with van der Waals surface area (Å²) in [6, 6.07) is 20.0. The Bertz CT molecular complexity index is 482. The average molecular weight is 250 g/mol. The molecule has 76 valence electrons. The van der Waals surface area contributed by atoms with Gasteiger partial charge in [-0.2, -0.15) is 0 Å². The van der Waals surface area contributed by atoms with E-state index in [4.69, 9.17) is 22.4 Å². The van der Waals surface area contributed by atoms with E-state index in [1.165, 1.54) is 0 Å². The van der Waals surface area contributed by atoms with Crippen LogP contribution in [-0.4, -0.2) is 0 Å². The number of hydrogen-bond donors (Lipinski definition) is 0. The summed E-state index contributed by atoms with van der Waals surface area (Å²) in [5, 5.41) is 0. The SMILES string of the molecule is S=S(=S)(c1ccccc1)c1ccccc1. The number of benzene rings is 2. The maximum atomic E-state index is 5.57. The van der Waals surface area contributed by atoms with E-state index in [9.17, 15) is 0 Å². The Balaban J connectivity index is 2.55. The van der Waals surface area contributed by atoms with Crippen LogP contribution in [0, 0.1) is 0 Å². The van der Waals surface area contributed by atoms with Crippen molar-refractivity contribution in [2.24, 2.45) is 0 Å². The molecule has 0 saturated carbocycles. The Labute approximate surface area is 99.8 Å². The Morgan fingerprint density at radius 2 is 0.933 bits per heavy atom. The minimum absolute atomic E-state index is 1.07.